The topological polar surface area (TPSA) is 109 Å². The average Bonchev–Trinajstić information content (AvgIpc) is 3.16. The summed E-state index contributed by atoms with van der Waals surface area (Å²) in [5.74, 6) is -1.06. The molecular weight excluding hydrogens is 324 g/mol. The number of aliphatic hydroxyl groups is 1. The molecule has 0 radical (unpaired) electrons. The third-order valence-electron chi connectivity index (χ3n) is 3.82. The molecular formula is C17H18N4O4. The number of carbonyl (C=O) groups is 2. The minimum Gasteiger partial charge on any atom is -0.386 e. The number of aromatic nitrogens is 2. The van der Waals surface area contributed by atoms with Crippen LogP contribution in [0.15, 0.2) is 41.1 Å². The van der Waals surface area contributed by atoms with E-state index < -0.39 is 17.9 Å². The molecule has 3 N–H and O–H groups in total. The zero-order valence-corrected chi connectivity index (χ0v) is 13.8. The van der Waals surface area contributed by atoms with E-state index in [1.807, 2.05) is 35.9 Å². The van der Waals surface area contributed by atoms with E-state index in [4.69, 9.17) is 4.52 Å². The molecule has 0 saturated heterocycles. The molecule has 1 atom stereocenters. The van der Waals surface area contributed by atoms with Gasteiger partial charge in [-0.2, -0.15) is 0 Å². The molecule has 3 rings (SSSR count). The Kier molecular flexibility index (Phi) is 4.53. The Balaban J connectivity index is 1.62. The number of aliphatic hydroxyl groups excluding tert-OH is 1. The van der Waals surface area contributed by atoms with E-state index in [9.17, 15) is 14.7 Å². The Bertz CT molecular complexity index is 928. The monoisotopic (exact) mass is 342 g/mol. The molecule has 0 spiro atoms. The van der Waals surface area contributed by atoms with Crippen LogP contribution in [0.5, 0.6) is 0 Å². The number of fused-ring (bicyclic) bond motifs is 1. The number of benzene rings is 1. The van der Waals surface area contributed by atoms with Gasteiger partial charge in [-0.25, -0.2) is 0 Å². The first-order valence-electron chi connectivity index (χ1n) is 7.70. The lowest BCUT2D eigenvalue weighted by Crippen LogP contribution is -2.37. The number of rotatable bonds is 4. The standard InChI is InChI=1S/C17H18N4O4/c1-10-7-15(20-25-10)19-17(24)16(23)18-8-14(22)12-9-21(2)13-6-4-3-5-11(12)13/h3-7,9,14,22H,8H2,1-2H3,(H,18,23)(H,19,20,24)/t14-/m0/s1. The van der Waals surface area contributed by atoms with Gasteiger partial charge in [-0.15, -0.1) is 0 Å². The van der Waals surface area contributed by atoms with Gasteiger partial charge >= 0.3 is 11.8 Å². The molecule has 0 bridgehead atoms. The van der Waals surface area contributed by atoms with Crippen LogP contribution >= 0.6 is 0 Å². The van der Waals surface area contributed by atoms with Crippen LogP contribution in [-0.2, 0) is 16.6 Å². The van der Waals surface area contributed by atoms with Gasteiger partial charge in [0.05, 0.1) is 6.10 Å². The van der Waals surface area contributed by atoms with Crippen molar-refractivity contribution in [3.63, 3.8) is 0 Å². The zero-order valence-electron chi connectivity index (χ0n) is 13.8. The summed E-state index contributed by atoms with van der Waals surface area (Å²) in [7, 11) is 1.88. The van der Waals surface area contributed by atoms with E-state index in [2.05, 4.69) is 15.8 Å². The minimum absolute atomic E-state index is 0.0852. The molecule has 2 amide bonds. The maximum absolute atomic E-state index is 11.9. The second kappa shape index (κ2) is 6.78. The lowest BCUT2D eigenvalue weighted by Gasteiger charge is -2.11. The van der Waals surface area contributed by atoms with E-state index in [0.717, 1.165) is 10.9 Å². The van der Waals surface area contributed by atoms with Crippen molar-refractivity contribution in [3.05, 3.63) is 47.9 Å². The fraction of sp³-hybridized carbons (Fsp3) is 0.235. The van der Waals surface area contributed by atoms with Gasteiger partial charge in [-0.1, -0.05) is 23.4 Å². The van der Waals surface area contributed by atoms with Gasteiger partial charge in [-0.05, 0) is 13.0 Å². The van der Waals surface area contributed by atoms with Gasteiger partial charge in [0.1, 0.15) is 5.76 Å². The Labute approximate surface area is 143 Å². The Hall–Kier alpha value is -3.13. The first kappa shape index (κ1) is 16.7. The number of nitrogens with zero attached hydrogens (tertiary/aromatic N) is 2. The highest BCUT2D eigenvalue weighted by atomic mass is 16.5. The summed E-state index contributed by atoms with van der Waals surface area (Å²) in [6.45, 7) is 1.58. The molecule has 3 aromatic rings. The maximum Gasteiger partial charge on any atom is 0.314 e. The Morgan fingerprint density at radius 3 is 2.80 bits per heavy atom. The van der Waals surface area contributed by atoms with Crippen molar-refractivity contribution < 1.29 is 19.2 Å². The molecule has 0 aliphatic rings. The van der Waals surface area contributed by atoms with Crippen molar-refractivity contribution >= 4 is 28.5 Å². The lowest BCUT2D eigenvalue weighted by molar-refractivity contribution is -0.136. The van der Waals surface area contributed by atoms with Crippen molar-refractivity contribution in [2.45, 2.75) is 13.0 Å². The summed E-state index contributed by atoms with van der Waals surface area (Å²) in [5, 5.41) is 19.6. The summed E-state index contributed by atoms with van der Waals surface area (Å²) < 4.78 is 6.70. The Morgan fingerprint density at radius 1 is 1.32 bits per heavy atom. The highest BCUT2D eigenvalue weighted by Gasteiger charge is 2.19. The number of hydrogen-bond acceptors (Lipinski definition) is 5. The normalized spacial score (nSPS) is 12.1. The molecule has 0 saturated carbocycles. The molecule has 1 aromatic carbocycles. The number of aryl methyl sites for hydroxylation is 2. The quantitative estimate of drug-likeness (QED) is 0.619. The van der Waals surface area contributed by atoms with Gasteiger partial charge in [0.15, 0.2) is 5.82 Å². The smallest absolute Gasteiger partial charge is 0.314 e. The number of carbonyl (C=O) groups excluding carboxylic acids is 2. The van der Waals surface area contributed by atoms with Crippen LogP contribution in [0.2, 0.25) is 0 Å². The largest absolute Gasteiger partial charge is 0.386 e. The Morgan fingerprint density at radius 2 is 2.08 bits per heavy atom. The minimum atomic E-state index is -0.933. The second-order valence-corrected chi connectivity index (χ2v) is 5.72. The molecule has 0 fully saturated rings. The summed E-state index contributed by atoms with van der Waals surface area (Å²) >= 11 is 0. The number of hydrogen-bond donors (Lipinski definition) is 3. The van der Waals surface area contributed by atoms with E-state index in [-0.39, 0.29) is 12.4 Å². The molecule has 0 aliphatic carbocycles. The average molecular weight is 342 g/mol. The maximum atomic E-state index is 11.9. The lowest BCUT2D eigenvalue weighted by atomic mass is 10.1. The molecule has 0 aliphatic heterocycles. The van der Waals surface area contributed by atoms with Crippen molar-refractivity contribution in [2.24, 2.45) is 7.05 Å². The highest BCUT2D eigenvalue weighted by molar-refractivity contribution is 6.39. The summed E-state index contributed by atoms with van der Waals surface area (Å²) in [6, 6.07) is 9.13. The number of anilines is 1. The third-order valence-corrected chi connectivity index (χ3v) is 3.82. The predicted molar refractivity (Wildman–Crippen MR) is 90.8 cm³/mol. The van der Waals surface area contributed by atoms with Crippen LogP contribution < -0.4 is 10.6 Å². The van der Waals surface area contributed by atoms with Crippen LogP contribution in [0.4, 0.5) is 5.82 Å². The fourth-order valence-corrected chi connectivity index (χ4v) is 2.62. The van der Waals surface area contributed by atoms with Gasteiger partial charge < -0.3 is 19.5 Å². The van der Waals surface area contributed by atoms with E-state index in [1.165, 1.54) is 6.07 Å². The molecule has 2 aromatic heterocycles. The molecule has 130 valence electrons. The molecule has 8 nitrogen and oxygen atoms in total. The third kappa shape index (κ3) is 3.53. The van der Waals surface area contributed by atoms with Crippen LogP contribution in [0.1, 0.15) is 17.4 Å². The first-order chi connectivity index (χ1) is 12.0. The van der Waals surface area contributed by atoms with Crippen LogP contribution in [0.3, 0.4) is 0 Å². The second-order valence-electron chi connectivity index (χ2n) is 5.72. The summed E-state index contributed by atoms with van der Waals surface area (Å²) in [5.41, 5.74) is 1.66. The first-order valence-corrected chi connectivity index (χ1v) is 7.70. The van der Waals surface area contributed by atoms with Crippen molar-refractivity contribution in [1.82, 2.24) is 15.0 Å². The highest BCUT2D eigenvalue weighted by Crippen LogP contribution is 2.25. The number of amides is 2. The van der Waals surface area contributed by atoms with Gasteiger partial charge in [0.25, 0.3) is 0 Å². The van der Waals surface area contributed by atoms with Gasteiger partial charge in [-0.3, -0.25) is 14.9 Å². The number of para-hydroxylation sites is 1. The van der Waals surface area contributed by atoms with Crippen LogP contribution in [0, 0.1) is 6.92 Å². The summed E-state index contributed by atoms with van der Waals surface area (Å²) in [4.78, 5) is 23.7. The van der Waals surface area contributed by atoms with E-state index in [0.29, 0.717) is 11.3 Å². The molecule has 8 heteroatoms. The van der Waals surface area contributed by atoms with Crippen molar-refractivity contribution in [3.8, 4) is 0 Å². The predicted octanol–water partition coefficient (Wildman–Crippen LogP) is 1.26. The fourth-order valence-electron chi connectivity index (χ4n) is 2.62. The summed E-state index contributed by atoms with van der Waals surface area (Å²) in [6.07, 6.45) is 0.872. The SMILES string of the molecule is Cc1cc(NC(=O)C(=O)NC[C@H](O)c2cn(C)c3ccccc23)no1. The van der Waals surface area contributed by atoms with Crippen LogP contribution in [-0.4, -0.2) is 33.2 Å². The van der Waals surface area contributed by atoms with Crippen molar-refractivity contribution in [1.29, 1.82) is 0 Å². The molecule has 0 unspecified atom stereocenters. The van der Waals surface area contributed by atoms with Gasteiger partial charge in [0, 0.05) is 42.3 Å². The van der Waals surface area contributed by atoms with Crippen LogP contribution in [0.25, 0.3) is 10.9 Å². The van der Waals surface area contributed by atoms with Gasteiger partial charge in [0.2, 0.25) is 0 Å². The zero-order chi connectivity index (χ0) is 18.0. The van der Waals surface area contributed by atoms with E-state index in [1.54, 1.807) is 13.1 Å². The van der Waals surface area contributed by atoms with Crippen molar-refractivity contribution in [2.75, 3.05) is 11.9 Å². The molecule has 2 heterocycles. The molecule has 25 heavy (non-hydrogen) atoms. The van der Waals surface area contributed by atoms with E-state index >= 15 is 0 Å². The number of nitrogens with one attached hydrogen (secondary N) is 2.